The molecule has 1 aromatic heterocycles. The zero-order valence-corrected chi connectivity index (χ0v) is 17.2. The molecule has 6 nitrogen and oxygen atoms in total. The van der Waals surface area contributed by atoms with E-state index >= 15 is 0 Å². The first kappa shape index (κ1) is 20.0. The molecular formula is C22H30N4O2. The van der Waals surface area contributed by atoms with Crippen molar-refractivity contribution in [2.24, 2.45) is 0 Å². The summed E-state index contributed by atoms with van der Waals surface area (Å²) in [6.07, 6.45) is 1.10. The van der Waals surface area contributed by atoms with Gasteiger partial charge in [-0.25, -0.2) is 4.98 Å². The third-order valence-electron chi connectivity index (χ3n) is 5.07. The number of pyridine rings is 1. The van der Waals surface area contributed by atoms with Crippen LogP contribution >= 0.6 is 0 Å². The maximum atomic E-state index is 12.0. The Morgan fingerprint density at radius 2 is 2.04 bits per heavy atom. The number of hydrogen-bond acceptors (Lipinski definition) is 5. The number of amides is 1. The molecule has 2 unspecified atom stereocenters. The Hall–Kier alpha value is -2.76. The van der Waals surface area contributed by atoms with E-state index in [0.29, 0.717) is 6.54 Å². The second-order valence-corrected chi connectivity index (χ2v) is 7.41. The van der Waals surface area contributed by atoms with Gasteiger partial charge < -0.3 is 19.9 Å². The lowest BCUT2D eigenvalue weighted by Gasteiger charge is -2.20. The molecule has 1 aromatic carbocycles. The molecule has 150 valence electrons. The molecule has 1 saturated heterocycles. The lowest BCUT2D eigenvalue weighted by atomic mass is 10.0. The van der Waals surface area contributed by atoms with Gasteiger partial charge in [-0.1, -0.05) is 18.2 Å². The average Bonchev–Trinajstić information content (AvgIpc) is 3.17. The Bertz CT molecular complexity index is 791. The molecule has 28 heavy (non-hydrogen) atoms. The Kier molecular flexibility index (Phi) is 6.39. The first-order valence-electron chi connectivity index (χ1n) is 9.91. The zero-order chi connectivity index (χ0) is 20.1. The van der Waals surface area contributed by atoms with Gasteiger partial charge in [0.25, 0.3) is 0 Å². The number of ether oxygens (including phenoxy) is 1. The highest BCUT2D eigenvalue weighted by molar-refractivity contribution is 5.83. The average molecular weight is 383 g/mol. The summed E-state index contributed by atoms with van der Waals surface area (Å²) in [7, 11) is 4.00. The second kappa shape index (κ2) is 8.95. The van der Waals surface area contributed by atoms with E-state index in [4.69, 9.17) is 9.72 Å². The van der Waals surface area contributed by atoms with Crippen LogP contribution in [0.4, 0.5) is 11.6 Å². The van der Waals surface area contributed by atoms with Gasteiger partial charge in [-0.2, -0.15) is 0 Å². The number of carbonyl (C=O) groups excluding carboxylic acids is 1. The highest BCUT2D eigenvalue weighted by Gasteiger charge is 2.25. The molecule has 0 spiro atoms. The molecule has 0 radical (unpaired) electrons. The fraction of sp³-hybridized carbons (Fsp3) is 0.455. The molecule has 2 atom stereocenters. The number of carbonyl (C=O) groups is 1. The summed E-state index contributed by atoms with van der Waals surface area (Å²) in [5.41, 5.74) is 0.996. The van der Waals surface area contributed by atoms with Crippen LogP contribution in [-0.2, 0) is 4.79 Å². The summed E-state index contributed by atoms with van der Waals surface area (Å²) in [5.74, 6) is 2.68. The van der Waals surface area contributed by atoms with Crippen LogP contribution in [0.2, 0.25) is 0 Å². The van der Waals surface area contributed by atoms with E-state index in [1.165, 1.54) is 0 Å². The number of benzene rings is 1. The standard InChI is InChI=1S/C22H30N4O2/c1-5-23-22(27)16(2)17-9-11-18(12-10-17)28-19-13-14-26(15-19)21-8-6-7-20(24-21)25(3)4/h6-12,16,19H,5,13-15H2,1-4H3,(H,23,27). The van der Waals surface area contributed by atoms with Gasteiger partial charge in [-0.05, 0) is 43.7 Å². The minimum absolute atomic E-state index is 0.0510. The predicted molar refractivity (Wildman–Crippen MR) is 113 cm³/mol. The molecule has 1 fully saturated rings. The van der Waals surface area contributed by atoms with Crippen molar-refractivity contribution < 1.29 is 9.53 Å². The quantitative estimate of drug-likeness (QED) is 0.798. The molecular weight excluding hydrogens is 352 g/mol. The fourth-order valence-electron chi connectivity index (χ4n) is 3.38. The molecule has 6 heteroatoms. The SMILES string of the molecule is CCNC(=O)C(C)c1ccc(OC2CCN(c3cccc(N(C)C)n3)C2)cc1. The topological polar surface area (TPSA) is 57.7 Å². The minimum atomic E-state index is -0.161. The molecule has 0 aliphatic carbocycles. The van der Waals surface area contributed by atoms with E-state index < -0.39 is 0 Å². The highest BCUT2D eigenvalue weighted by Crippen LogP contribution is 2.25. The van der Waals surface area contributed by atoms with Crippen LogP contribution in [0.25, 0.3) is 0 Å². The van der Waals surface area contributed by atoms with Crippen molar-refractivity contribution in [3.8, 4) is 5.75 Å². The summed E-state index contributed by atoms with van der Waals surface area (Å²) in [5, 5.41) is 2.86. The third-order valence-corrected chi connectivity index (χ3v) is 5.07. The van der Waals surface area contributed by atoms with Gasteiger partial charge in [0, 0.05) is 33.6 Å². The Morgan fingerprint density at radius 3 is 2.71 bits per heavy atom. The summed E-state index contributed by atoms with van der Waals surface area (Å²) < 4.78 is 6.17. The van der Waals surface area contributed by atoms with E-state index in [2.05, 4.69) is 10.2 Å². The summed E-state index contributed by atoms with van der Waals surface area (Å²) in [6, 6.07) is 14.0. The second-order valence-electron chi connectivity index (χ2n) is 7.41. The van der Waals surface area contributed by atoms with Crippen LogP contribution in [-0.4, -0.2) is 50.7 Å². The van der Waals surface area contributed by atoms with Crippen LogP contribution in [0.5, 0.6) is 5.75 Å². The number of rotatable bonds is 7. The molecule has 1 aliphatic heterocycles. The van der Waals surface area contributed by atoms with Crippen LogP contribution in [0.3, 0.4) is 0 Å². The smallest absolute Gasteiger partial charge is 0.227 e. The van der Waals surface area contributed by atoms with Crippen LogP contribution in [0.15, 0.2) is 42.5 Å². The molecule has 3 rings (SSSR count). The lowest BCUT2D eigenvalue weighted by Crippen LogP contribution is -2.27. The van der Waals surface area contributed by atoms with Gasteiger partial charge in [0.2, 0.25) is 5.91 Å². The van der Waals surface area contributed by atoms with Gasteiger partial charge in [0.05, 0.1) is 12.5 Å². The van der Waals surface area contributed by atoms with Gasteiger partial charge in [-0.3, -0.25) is 4.79 Å². The Labute approximate surface area is 167 Å². The fourth-order valence-corrected chi connectivity index (χ4v) is 3.38. The van der Waals surface area contributed by atoms with Crippen LogP contribution in [0.1, 0.15) is 31.7 Å². The molecule has 0 saturated carbocycles. The first-order chi connectivity index (χ1) is 13.5. The van der Waals surface area contributed by atoms with Gasteiger partial charge in [0.15, 0.2) is 0 Å². The monoisotopic (exact) mass is 382 g/mol. The van der Waals surface area contributed by atoms with Crippen molar-refractivity contribution in [2.75, 3.05) is 43.5 Å². The summed E-state index contributed by atoms with van der Waals surface area (Å²) in [4.78, 5) is 21.0. The summed E-state index contributed by atoms with van der Waals surface area (Å²) in [6.45, 7) is 6.25. The van der Waals surface area contributed by atoms with Crippen LogP contribution < -0.4 is 19.9 Å². The van der Waals surface area contributed by atoms with Gasteiger partial charge in [-0.15, -0.1) is 0 Å². The van der Waals surface area contributed by atoms with Gasteiger partial charge >= 0.3 is 0 Å². The molecule has 2 heterocycles. The Morgan fingerprint density at radius 1 is 1.29 bits per heavy atom. The lowest BCUT2D eigenvalue weighted by molar-refractivity contribution is -0.122. The zero-order valence-electron chi connectivity index (χ0n) is 17.2. The number of nitrogens with zero attached hydrogens (tertiary/aromatic N) is 3. The van der Waals surface area contributed by atoms with Crippen molar-refractivity contribution in [3.63, 3.8) is 0 Å². The van der Waals surface area contributed by atoms with Crippen molar-refractivity contribution in [1.82, 2.24) is 10.3 Å². The van der Waals surface area contributed by atoms with Crippen molar-refractivity contribution >= 4 is 17.5 Å². The Balaban J connectivity index is 1.58. The molecule has 1 amide bonds. The molecule has 0 bridgehead atoms. The highest BCUT2D eigenvalue weighted by atomic mass is 16.5. The van der Waals surface area contributed by atoms with E-state index in [0.717, 1.165) is 42.5 Å². The largest absolute Gasteiger partial charge is 0.489 e. The van der Waals surface area contributed by atoms with Crippen molar-refractivity contribution in [3.05, 3.63) is 48.0 Å². The van der Waals surface area contributed by atoms with E-state index in [-0.39, 0.29) is 17.9 Å². The third kappa shape index (κ3) is 4.74. The number of anilines is 2. The first-order valence-corrected chi connectivity index (χ1v) is 9.91. The van der Waals surface area contributed by atoms with Crippen molar-refractivity contribution in [2.45, 2.75) is 32.3 Å². The van der Waals surface area contributed by atoms with Crippen molar-refractivity contribution in [1.29, 1.82) is 0 Å². The molecule has 1 N–H and O–H groups in total. The molecule has 1 aliphatic rings. The van der Waals surface area contributed by atoms with E-state index in [1.54, 1.807) is 0 Å². The summed E-state index contributed by atoms with van der Waals surface area (Å²) >= 11 is 0. The van der Waals surface area contributed by atoms with Gasteiger partial charge in [0.1, 0.15) is 23.5 Å². The molecule has 2 aromatic rings. The number of aromatic nitrogens is 1. The van der Waals surface area contributed by atoms with Crippen LogP contribution in [0, 0.1) is 0 Å². The maximum absolute atomic E-state index is 12.0. The minimum Gasteiger partial charge on any atom is -0.489 e. The number of likely N-dealkylation sites (N-methyl/N-ethyl adjacent to an activating group) is 1. The van der Waals surface area contributed by atoms with E-state index in [9.17, 15) is 4.79 Å². The normalized spacial score (nSPS) is 17.3. The maximum Gasteiger partial charge on any atom is 0.227 e. The van der Waals surface area contributed by atoms with E-state index in [1.807, 2.05) is 75.3 Å². The number of nitrogens with one attached hydrogen (secondary N) is 1. The predicted octanol–water partition coefficient (Wildman–Crippen LogP) is 3.04. The number of hydrogen-bond donors (Lipinski definition) is 1.